The average molecular weight is 550 g/mol. The number of benzene rings is 3. The van der Waals surface area contributed by atoms with Gasteiger partial charge in [0.05, 0.1) is 11.4 Å². The average Bonchev–Trinajstić information content (AvgIpc) is 3.05. The van der Waals surface area contributed by atoms with E-state index in [-0.39, 0.29) is 0 Å². The molecule has 3 N–H and O–H groups in total. The van der Waals surface area contributed by atoms with E-state index in [9.17, 15) is 0 Å². The maximum atomic E-state index is 5.88. The van der Waals surface area contributed by atoms with Crippen molar-refractivity contribution in [2.45, 2.75) is 20.3 Å². The second-order valence-electron chi connectivity index (χ2n) is 9.75. The molecule has 3 aromatic carbocycles. The van der Waals surface area contributed by atoms with E-state index >= 15 is 0 Å². The lowest BCUT2D eigenvalue weighted by Gasteiger charge is -2.14. The molecule has 4 aromatic rings. The Morgan fingerprint density at radius 2 is 1.52 bits per heavy atom. The number of hydrogen-bond acceptors (Lipinski definition) is 3. The van der Waals surface area contributed by atoms with Crippen LogP contribution in [0.2, 0.25) is 0 Å². The summed E-state index contributed by atoms with van der Waals surface area (Å²) in [4.78, 5) is 5.12. The van der Waals surface area contributed by atoms with Gasteiger partial charge in [-0.15, -0.1) is 0 Å². The predicted octanol–water partition coefficient (Wildman–Crippen LogP) is 9.60. The lowest BCUT2D eigenvalue weighted by atomic mass is 9.96. The predicted molar refractivity (Wildman–Crippen MR) is 182 cm³/mol. The van der Waals surface area contributed by atoms with Crippen LogP contribution in [-0.4, -0.2) is 12.0 Å². The summed E-state index contributed by atoms with van der Waals surface area (Å²) < 4.78 is 0. The third-order valence-electron chi connectivity index (χ3n) is 6.95. The zero-order chi connectivity index (χ0) is 29.7. The number of likely N-dealkylation sites (N-methyl/N-ethyl adjacent to an activating group) is 1. The van der Waals surface area contributed by atoms with Crippen molar-refractivity contribution in [1.29, 1.82) is 0 Å². The summed E-state index contributed by atoms with van der Waals surface area (Å²) in [6, 6.07) is 31.9. The molecule has 0 aliphatic rings. The van der Waals surface area contributed by atoms with Crippen molar-refractivity contribution in [3.8, 4) is 33.5 Å². The van der Waals surface area contributed by atoms with E-state index in [0.29, 0.717) is 0 Å². The Kier molecular flexibility index (Phi) is 10.7. The highest BCUT2D eigenvalue weighted by atomic mass is 14.8. The largest absolute Gasteiger partial charge is 0.405 e. The van der Waals surface area contributed by atoms with Crippen LogP contribution in [0.15, 0.2) is 152 Å². The number of allylic oxidation sites excluding steroid dienone is 9. The van der Waals surface area contributed by atoms with Gasteiger partial charge in [0.15, 0.2) is 0 Å². The van der Waals surface area contributed by atoms with E-state index in [2.05, 4.69) is 116 Å². The van der Waals surface area contributed by atoms with Crippen LogP contribution in [-0.2, 0) is 0 Å². The monoisotopic (exact) mass is 549 g/mol. The molecule has 42 heavy (non-hydrogen) atoms. The van der Waals surface area contributed by atoms with Crippen LogP contribution in [0.1, 0.15) is 31.5 Å². The molecule has 0 atom stereocenters. The first kappa shape index (κ1) is 29.8. The molecule has 1 heterocycles. The molecule has 210 valence electrons. The Morgan fingerprint density at radius 1 is 0.833 bits per heavy atom. The summed E-state index contributed by atoms with van der Waals surface area (Å²) in [6.45, 7) is 8.19. The van der Waals surface area contributed by atoms with E-state index in [1.54, 1.807) is 6.20 Å². The van der Waals surface area contributed by atoms with Gasteiger partial charge in [-0.2, -0.15) is 0 Å². The maximum absolute atomic E-state index is 5.88. The summed E-state index contributed by atoms with van der Waals surface area (Å²) >= 11 is 0. The Morgan fingerprint density at radius 3 is 2.17 bits per heavy atom. The molecule has 0 saturated heterocycles. The highest BCUT2D eigenvalue weighted by Gasteiger charge is 2.12. The van der Waals surface area contributed by atoms with E-state index in [1.807, 2.05) is 50.4 Å². The summed E-state index contributed by atoms with van der Waals surface area (Å²) in [6.07, 6.45) is 16.6. The van der Waals surface area contributed by atoms with Crippen LogP contribution in [0, 0.1) is 0 Å². The molecular formula is C39H39N3. The fraction of sp³-hybridized carbons (Fsp3) is 0.103. The van der Waals surface area contributed by atoms with Crippen molar-refractivity contribution in [2.75, 3.05) is 7.05 Å². The molecule has 0 amide bonds. The third-order valence-corrected chi connectivity index (χ3v) is 6.95. The van der Waals surface area contributed by atoms with Crippen molar-refractivity contribution < 1.29 is 0 Å². The van der Waals surface area contributed by atoms with E-state index in [0.717, 1.165) is 56.9 Å². The standard InChI is InChI=1S/C39H39N3/c1-5-8-14-29(7-3)38-27-35(32-22-20-31(21-23-32)30-15-11-10-12-16-30)28-39(42-38)34-18-13-17-33(26-34)36(24-25-40)37(41-4)19-9-6-2/h5,7-28,41H,3,6,40H2,1-2,4H3/b8-5-,19-9-,25-24+,29-14+,37-36-. The van der Waals surface area contributed by atoms with Crippen molar-refractivity contribution in [3.05, 3.63) is 163 Å². The van der Waals surface area contributed by atoms with E-state index in [1.165, 1.54) is 11.1 Å². The van der Waals surface area contributed by atoms with Crippen LogP contribution < -0.4 is 11.1 Å². The fourth-order valence-electron chi connectivity index (χ4n) is 4.76. The van der Waals surface area contributed by atoms with Gasteiger partial charge in [-0.3, -0.25) is 0 Å². The summed E-state index contributed by atoms with van der Waals surface area (Å²) in [5, 5.41) is 3.32. The number of nitrogens with zero attached hydrogens (tertiary/aromatic N) is 1. The van der Waals surface area contributed by atoms with Crippen LogP contribution in [0.5, 0.6) is 0 Å². The van der Waals surface area contributed by atoms with Gasteiger partial charge < -0.3 is 11.1 Å². The van der Waals surface area contributed by atoms with Crippen LogP contribution >= 0.6 is 0 Å². The summed E-state index contributed by atoms with van der Waals surface area (Å²) in [5.74, 6) is 0. The molecule has 0 aliphatic heterocycles. The second-order valence-corrected chi connectivity index (χ2v) is 9.75. The molecule has 0 radical (unpaired) electrons. The van der Waals surface area contributed by atoms with Crippen molar-refractivity contribution in [2.24, 2.45) is 5.73 Å². The topological polar surface area (TPSA) is 50.9 Å². The molecule has 0 unspecified atom stereocenters. The van der Waals surface area contributed by atoms with Gasteiger partial charge >= 0.3 is 0 Å². The number of nitrogens with one attached hydrogen (secondary N) is 1. The number of hydrogen-bond donors (Lipinski definition) is 2. The Balaban J connectivity index is 1.87. The first-order valence-corrected chi connectivity index (χ1v) is 14.3. The van der Waals surface area contributed by atoms with Gasteiger partial charge in [0.1, 0.15) is 0 Å². The molecule has 0 spiro atoms. The zero-order valence-electron chi connectivity index (χ0n) is 24.7. The van der Waals surface area contributed by atoms with Gasteiger partial charge in [-0.25, -0.2) is 4.98 Å². The van der Waals surface area contributed by atoms with Crippen molar-refractivity contribution >= 4 is 11.1 Å². The fourth-order valence-corrected chi connectivity index (χ4v) is 4.76. The van der Waals surface area contributed by atoms with Gasteiger partial charge in [-0.05, 0) is 83.3 Å². The van der Waals surface area contributed by atoms with Crippen molar-refractivity contribution in [3.63, 3.8) is 0 Å². The third kappa shape index (κ3) is 7.32. The van der Waals surface area contributed by atoms with Crippen LogP contribution in [0.4, 0.5) is 0 Å². The minimum Gasteiger partial charge on any atom is -0.405 e. The zero-order valence-corrected chi connectivity index (χ0v) is 24.7. The first-order chi connectivity index (χ1) is 20.6. The molecule has 0 aliphatic carbocycles. The SMILES string of the molecule is C=C/C(=C\C=C/C)c1cc(-c2ccc(-c3ccccc3)cc2)cc(-c2cccc(C(/C=C/N)=C(/C=C\CC)NC)c2)n1. The molecule has 0 fully saturated rings. The van der Waals surface area contributed by atoms with Gasteiger partial charge in [0, 0.05) is 23.9 Å². The Labute approximate surface area is 250 Å². The Hall–Kier alpha value is -5.15. The summed E-state index contributed by atoms with van der Waals surface area (Å²) in [7, 11) is 1.93. The van der Waals surface area contributed by atoms with Gasteiger partial charge in [0.2, 0.25) is 0 Å². The smallest absolute Gasteiger partial charge is 0.0715 e. The minimum absolute atomic E-state index is 0.868. The summed E-state index contributed by atoms with van der Waals surface area (Å²) in [5.41, 5.74) is 17.3. The van der Waals surface area contributed by atoms with Gasteiger partial charge in [0.25, 0.3) is 0 Å². The molecule has 0 saturated carbocycles. The molecule has 1 aromatic heterocycles. The highest BCUT2D eigenvalue weighted by Crippen LogP contribution is 2.32. The number of aromatic nitrogens is 1. The number of pyridine rings is 1. The van der Waals surface area contributed by atoms with Crippen LogP contribution in [0.25, 0.3) is 44.7 Å². The minimum atomic E-state index is 0.868. The highest BCUT2D eigenvalue weighted by molar-refractivity contribution is 5.83. The second kappa shape index (κ2) is 15.0. The molecule has 0 bridgehead atoms. The maximum Gasteiger partial charge on any atom is 0.0715 e. The lowest BCUT2D eigenvalue weighted by Crippen LogP contribution is -2.06. The number of nitrogens with two attached hydrogens (primary N) is 1. The quantitative estimate of drug-likeness (QED) is 0.183. The molecule has 3 heteroatoms. The molecule has 3 nitrogen and oxygen atoms in total. The molecule has 4 rings (SSSR count). The lowest BCUT2D eigenvalue weighted by molar-refractivity contribution is 1.03. The molecular weight excluding hydrogens is 510 g/mol. The first-order valence-electron chi connectivity index (χ1n) is 14.3. The van der Waals surface area contributed by atoms with E-state index < -0.39 is 0 Å². The Bertz CT molecular complexity index is 1650. The number of rotatable bonds is 11. The van der Waals surface area contributed by atoms with Gasteiger partial charge in [-0.1, -0.05) is 117 Å². The van der Waals surface area contributed by atoms with E-state index in [4.69, 9.17) is 10.7 Å². The normalized spacial score (nSPS) is 12.7. The van der Waals surface area contributed by atoms with Crippen molar-refractivity contribution in [1.82, 2.24) is 10.3 Å². The van der Waals surface area contributed by atoms with Crippen LogP contribution in [0.3, 0.4) is 0 Å².